The van der Waals surface area contributed by atoms with E-state index in [2.05, 4.69) is 5.32 Å². The number of hydrogen-bond donors (Lipinski definition) is 1. The van der Waals surface area contributed by atoms with Crippen LogP contribution < -0.4 is 5.32 Å². The lowest BCUT2D eigenvalue weighted by molar-refractivity contribution is -0.138. The first-order valence-electron chi connectivity index (χ1n) is 4.81. The van der Waals surface area contributed by atoms with Crippen molar-refractivity contribution in [2.45, 2.75) is 13.5 Å². The number of ether oxygens (including phenoxy) is 1. The number of carbonyl (C=O) groups is 1. The smallest absolute Gasteiger partial charge is 0.350 e. The molecule has 0 unspecified atom stereocenters. The lowest BCUT2D eigenvalue weighted by Crippen LogP contribution is -2.11. The van der Waals surface area contributed by atoms with Crippen LogP contribution in [0.5, 0.6) is 0 Å². The molecule has 16 heavy (non-hydrogen) atoms. The van der Waals surface area contributed by atoms with Gasteiger partial charge in [-0.3, -0.25) is 0 Å². The van der Waals surface area contributed by atoms with E-state index in [1.807, 2.05) is 17.5 Å². The molecule has 0 aromatic carbocycles. The van der Waals surface area contributed by atoms with E-state index in [1.54, 1.807) is 24.3 Å². The van der Waals surface area contributed by atoms with Crippen molar-refractivity contribution in [2.75, 3.05) is 6.61 Å². The first-order valence-corrected chi connectivity index (χ1v) is 5.69. The molecule has 4 nitrogen and oxygen atoms in total. The Morgan fingerprint density at radius 1 is 1.75 bits per heavy atom. The molecule has 1 heterocycles. The molecular formula is C11H12N2O2S. The summed E-state index contributed by atoms with van der Waals surface area (Å²) in [6.07, 6.45) is 1.39. The van der Waals surface area contributed by atoms with Crippen LogP contribution in [0.25, 0.3) is 0 Å². The summed E-state index contributed by atoms with van der Waals surface area (Å²) >= 11 is 1.61. The Bertz CT molecular complexity index is 404. The maximum atomic E-state index is 11.2. The monoisotopic (exact) mass is 236 g/mol. The van der Waals surface area contributed by atoms with E-state index in [1.165, 1.54) is 6.20 Å². The van der Waals surface area contributed by atoms with Gasteiger partial charge < -0.3 is 10.1 Å². The van der Waals surface area contributed by atoms with Crippen LogP contribution in [0.1, 0.15) is 11.8 Å². The number of esters is 1. The van der Waals surface area contributed by atoms with E-state index < -0.39 is 5.97 Å². The van der Waals surface area contributed by atoms with Crippen LogP contribution in [0, 0.1) is 11.3 Å². The highest BCUT2D eigenvalue weighted by atomic mass is 32.1. The first kappa shape index (κ1) is 12.3. The highest BCUT2D eigenvalue weighted by Crippen LogP contribution is 2.07. The SMILES string of the molecule is CCOC(=O)/C(C#N)=C/NCc1cccs1. The van der Waals surface area contributed by atoms with Gasteiger partial charge in [0.1, 0.15) is 6.07 Å². The highest BCUT2D eigenvalue weighted by Gasteiger charge is 2.08. The van der Waals surface area contributed by atoms with Gasteiger partial charge in [0, 0.05) is 17.6 Å². The fourth-order valence-corrected chi connectivity index (χ4v) is 1.67. The van der Waals surface area contributed by atoms with Gasteiger partial charge in [0.25, 0.3) is 0 Å². The van der Waals surface area contributed by atoms with Gasteiger partial charge in [-0.25, -0.2) is 4.79 Å². The summed E-state index contributed by atoms with van der Waals surface area (Å²) < 4.78 is 4.72. The third kappa shape index (κ3) is 3.75. The Morgan fingerprint density at radius 3 is 3.12 bits per heavy atom. The Morgan fingerprint density at radius 2 is 2.56 bits per heavy atom. The summed E-state index contributed by atoms with van der Waals surface area (Å²) in [5.41, 5.74) is -0.0154. The zero-order valence-electron chi connectivity index (χ0n) is 8.90. The van der Waals surface area contributed by atoms with Crippen LogP contribution in [0.4, 0.5) is 0 Å². The average molecular weight is 236 g/mol. The molecule has 0 amide bonds. The molecule has 0 radical (unpaired) electrons. The average Bonchev–Trinajstić information content (AvgIpc) is 2.77. The van der Waals surface area contributed by atoms with E-state index in [9.17, 15) is 4.79 Å². The quantitative estimate of drug-likeness (QED) is 0.481. The minimum Gasteiger partial charge on any atom is -0.462 e. The maximum Gasteiger partial charge on any atom is 0.350 e. The zero-order chi connectivity index (χ0) is 11.8. The second kappa shape index (κ2) is 6.64. The number of thiophene rings is 1. The van der Waals surface area contributed by atoms with Gasteiger partial charge in [0.15, 0.2) is 5.57 Å². The van der Waals surface area contributed by atoms with Crippen LogP contribution in [0.15, 0.2) is 29.3 Å². The van der Waals surface area contributed by atoms with Crippen molar-refractivity contribution >= 4 is 17.3 Å². The standard InChI is InChI=1S/C11H12N2O2S/c1-2-15-11(14)9(6-12)7-13-8-10-4-3-5-16-10/h3-5,7,13H,2,8H2,1H3/b9-7+. The van der Waals surface area contributed by atoms with Gasteiger partial charge in [0.05, 0.1) is 6.61 Å². The molecule has 0 bridgehead atoms. The summed E-state index contributed by atoms with van der Waals surface area (Å²) in [5.74, 6) is -0.594. The van der Waals surface area contributed by atoms with Crippen molar-refractivity contribution in [1.82, 2.24) is 5.32 Å². The Hall–Kier alpha value is -1.80. The Kier molecular flexibility index (Phi) is 5.09. The topological polar surface area (TPSA) is 62.1 Å². The van der Waals surface area contributed by atoms with Crippen molar-refractivity contribution in [3.63, 3.8) is 0 Å². The highest BCUT2D eigenvalue weighted by molar-refractivity contribution is 7.09. The van der Waals surface area contributed by atoms with Crippen LogP contribution in [-0.4, -0.2) is 12.6 Å². The number of carbonyl (C=O) groups excluding carboxylic acids is 1. The molecule has 84 valence electrons. The van der Waals surface area contributed by atoms with E-state index in [-0.39, 0.29) is 12.2 Å². The third-order valence-electron chi connectivity index (χ3n) is 1.72. The van der Waals surface area contributed by atoms with Crippen LogP contribution in [0.3, 0.4) is 0 Å². The molecule has 0 spiro atoms. The summed E-state index contributed by atoms with van der Waals surface area (Å²) in [5, 5.41) is 13.6. The summed E-state index contributed by atoms with van der Waals surface area (Å²) in [6, 6.07) is 5.71. The second-order valence-electron chi connectivity index (χ2n) is 2.85. The predicted octanol–water partition coefficient (Wildman–Crippen LogP) is 1.81. The van der Waals surface area contributed by atoms with Crippen molar-refractivity contribution in [1.29, 1.82) is 5.26 Å². The lowest BCUT2D eigenvalue weighted by atomic mass is 10.3. The summed E-state index contributed by atoms with van der Waals surface area (Å²) in [7, 11) is 0. The number of rotatable bonds is 5. The van der Waals surface area contributed by atoms with E-state index in [4.69, 9.17) is 10.00 Å². The molecule has 0 saturated carbocycles. The second-order valence-corrected chi connectivity index (χ2v) is 3.88. The van der Waals surface area contributed by atoms with E-state index in [0.29, 0.717) is 6.54 Å². The number of nitriles is 1. The molecular weight excluding hydrogens is 224 g/mol. The molecule has 0 aliphatic heterocycles. The van der Waals surface area contributed by atoms with Crippen LogP contribution in [0.2, 0.25) is 0 Å². The van der Waals surface area contributed by atoms with Gasteiger partial charge in [-0.2, -0.15) is 5.26 Å². The van der Waals surface area contributed by atoms with Crippen molar-refractivity contribution in [3.8, 4) is 6.07 Å². The minimum atomic E-state index is -0.594. The Labute approximate surface area is 98.2 Å². The Balaban J connectivity index is 2.48. The molecule has 1 aromatic heterocycles. The fraction of sp³-hybridized carbons (Fsp3) is 0.273. The van der Waals surface area contributed by atoms with E-state index in [0.717, 1.165) is 4.88 Å². The molecule has 0 fully saturated rings. The number of hydrogen-bond acceptors (Lipinski definition) is 5. The predicted molar refractivity (Wildman–Crippen MR) is 61.5 cm³/mol. The van der Waals surface area contributed by atoms with Gasteiger partial charge in [0.2, 0.25) is 0 Å². The molecule has 5 heteroatoms. The molecule has 1 rings (SSSR count). The number of nitrogens with zero attached hydrogens (tertiary/aromatic N) is 1. The van der Waals surface area contributed by atoms with Gasteiger partial charge in [-0.05, 0) is 18.4 Å². The normalized spacial score (nSPS) is 10.6. The van der Waals surface area contributed by atoms with Gasteiger partial charge >= 0.3 is 5.97 Å². The molecule has 1 N–H and O–H groups in total. The van der Waals surface area contributed by atoms with E-state index >= 15 is 0 Å². The van der Waals surface area contributed by atoms with Crippen molar-refractivity contribution in [3.05, 3.63) is 34.2 Å². The van der Waals surface area contributed by atoms with Crippen molar-refractivity contribution in [2.24, 2.45) is 0 Å². The largest absolute Gasteiger partial charge is 0.462 e. The fourth-order valence-electron chi connectivity index (χ4n) is 1.01. The van der Waals surface area contributed by atoms with Gasteiger partial charge in [-0.1, -0.05) is 6.07 Å². The minimum absolute atomic E-state index is 0.0154. The lowest BCUT2D eigenvalue weighted by Gasteiger charge is -2.01. The summed E-state index contributed by atoms with van der Waals surface area (Å²) in [6.45, 7) is 2.57. The molecule has 1 aromatic rings. The molecule has 0 saturated heterocycles. The van der Waals surface area contributed by atoms with Gasteiger partial charge in [-0.15, -0.1) is 11.3 Å². The molecule has 0 aliphatic carbocycles. The first-order chi connectivity index (χ1) is 7.77. The van der Waals surface area contributed by atoms with Crippen LogP contribution >= 0.6 is 11.3 Å². The molecule has 0 aliphatic rings. The third-order valence-corrected chi connectivity index (χ3v) is 2.59. The zero-order valence-corrected chi connectivity index (χ0v) is 9.71. The summed E-state index contributed by atoms with van der Waals surface area (Å²) in [4.78, 5) is 12.4. The van der Waals surface area contributed by atoms with Crippen LogP contribution in [-0.2, 0) is 16.1 Å². The maximum absolute atomic E-state index is 11.2. The molecule has 0 atom stereocenters. The number of nitrogens with one attached hydrogen (secondary N) is 1. The van der Waals surface area contributed by atoms with Crippen molar-refractivity contribution < 1.29 is 9.53 Å².